The van der Waals surface area contributed by atoms with Crippen LogP contribution in [0.3, 0.4) is 0 Å². The maximum Gasteiger partial charge on any atom is 0.0451 e. The van der Waals surface area contributed by atoms with Crippen molar-refractivity contribution in [3.8, 4) is 0 Å². The summed E-state index contributed by atoms with van der Waals surface area (Å²) in [6.45, 7) is 3.79. The molecule has 0 radical (unpaired) electrons. The molecule has 0 fully saturated rings. The van der Waals surface area contributed by atoms with E-state index in [0.29, 0.717) is 0 Å². The summed E-state index contributed by atoms with van der Waals surface area (Å²) in [5.74, 6) is 0. The molecular weight excluding hydrogens is 282 g/mol. The minimum Gasteiger partial charge on any atom is -0.308 e. The molecule has 2 rings (SSSR count). The Kier molecular flexibility index (Phi) is 6.18. The molecule has 0 spiro atoms. The third-order valence-corrected chi connectivity index (χ3v) is 3.74. The number of likely N-dealkylation sites (N-methyl/N-ethyl adjacent to an activating group) is 1. The van der Waals surface area contributed by atoms with Crippen LogP contribution in [0.1, 0.15) is 11.1 Å². The van der Waals surface area contributed by atoms with Crippen LogP contribution in [0.15, 0.2) is 48.8 Å². The first-order chi connectivity index (χ1) is 10.1. The zero-order chi connectivity index (χ0) is 15.1. The summed E-state index contributed by atoms with van der Waals surface area (Å²) in [5, 5.41) is 0.835. The van der Waals surface area contributed by atoms with Crippen molar-refractivity contribution in [2.75, 3.05) is 27.2 Å². The third kappa shape index (κ3) is 5.46. The van der Waals surface area contributed by atoms with E-state index in [1.165, 1.54) is 11.1 Å². The molecular formula is C17H22ClN3. The van der Waals surface area contributed by atoms with Crippen LogP contribution in [-0.4, -0.2) is 42.0 Å². The summed E-state index contributed by atoms with van der Waals surface area (Å²) in [4.78, 5) is 8.69. The fourth-order valence-electron chi connectivity index (χ4n) is 2.17. The Morgan fingerprint density at radius 3 is 2.33 bits per heavy atom. The van der Waals surface area contributed by atoms with Crippen LogP contribution in [-0.2, 0) is 13.1 Å². The lowest BCUT2D eigenvalue weighted by atomic mass is 10.2. The average Bonchev–Trinajstić information content (AvgIpc) is 2.48. The maximum atomic E-state index is 6.29. The Bertz CT molecular complexity index is 543. The predicted molar refractivity (Wildman–Crippen MR) is 88.4 cm³/mol. The van der Waals surface area contributed by atoms with Crippen LogP contribution >= 0.6 is 11.6 Å². The van der Waals surface area contributed by atoms with Gasteiger partial charge in [-0.2, -0.15) is 0 Å². The van der Waals surface area contributed by atoms with Crippen LogP contribution in [0, 0.1) is 0 Å². The molecule has 1 aromatic heterocycles. The average molecular weight is 304 g/mol. The van der Waals surface area contributed by atoms with Gasteiger partial charge in [-0.25, -0.2) is 0 Å². The van der Waals surface area contributed by atoms with Crippen LogP contribution in [0.25, 0.3) is 0 Å². The highest BCUT2D eigenvalue weighted by atomic mass is 35.5. The molecule has 0 atom stereocenters. The standard InChI is InChI=1S/C17H22ClN3/c1-20(2)11-12-21(13-15-7-9-19-10-8-15)14-16-5-3-4-6-17(16)18/h3-10H,11-14H2,1-2H3. The van der Waals surface area contributed by atoms with Crippen LogP contribution < -0.4 is 0 Å². The van der Waals surface area contributed by atoms with Crippen molar-refractivity contribution in [3.63, 3.8) is 0 Å². The Hall–Kier alpha value is -1.42. The molecule has 2 aromatic rings. The minimum absolute atomic E-state index is 0.835. The number of nitrogens with zero attached hydrogens (tertiary/aromatic N) is 3. The molecule has 1 heterocycles. The number of pyridine rings is 1. The number of rotatable bonds is 7. The highest BCUT2D eigenvalue weighted by Gasteiger charge is 2.09. The molecule has 0 amide bonds. The lowest BCUT2D eigenvalue weighted by Gasteiger charge is -2.24. The highest BCUT2D eigenvalue weighted by Crippen LogP contribution is 2.18. The van der Waals surface area contributed by atoms with Crippen molar-refractivity contribution in [1.82, 2.24) is 14.8 Å². The minimum atomic E-state index is 0.835. The molecule has 0 N–H and O–H groups in total. The third-order valence-electron chi connectivity index (χ3n) is 3.37. The van der Waals surface area contributed by atoms with Gasteiger partial charge in [0.25, 0.3) is 0 Å². The topological polar surface area (TPSA) is 19.4 Å². The summed E-state index contributed by atoms with van der Waals surface area (Å²) in [6.07, 6.45) is 3.68. The second-order valence-electron chi connectivity index (χ2n) is 5.46. The Morgan fingerprint density at radius 2 is 1.67 bits per heavy atom. The van der Waals surface area contributed by atoms with E-state index in [0.717, 1.165) is 31.2 Å². The molecule has 0 aliphatic carbocycles. The normalized spacial score (nSPS) is 11.3. The second-order valence-corrected chi connectivity index (χ2v) is 5.87. The lowest BCUT2D eigenvalue weighted by molar-refractivity contribution is 0.226. The SMILES string of the molecule is CN(C)CCN(Cc1ccncc1)Cc1ccccc1Cl. The first kappa shape index (κ1) is 16.0. The Balaban J connectivity index is 2.06. The summed E-state index contributed by atoms with van der Waals surface area (Å²) >= 11 is 6.29. The molecule has 0 saturated heterocycles. The van der Waals surface area contributed by atoms with Crippen LogP contribution in [0.4, 0.5) is 0 Å². The zero-order valence-electron chi connectivity index (χ0n) is 12.7. The van der Waals surface area contributed by atoms with Gasteiger partial charge in [0.2, 0.25) is 0 Å². The van der Waals surface area contributed by atoms with Crippen molar-refractivity contribution < 1.29 is 0 Å². The van der Waals surface area contributed by atoms with E-state index in [2.05, 4.69) is 47.1 Å². The van der Waals surface area contributed by atoms with Crippen LogP contribution in [0.2, 0.25) is 5.02 Å². The second kappa shape index (κ2) is 8.13. The first-order valence-corrected chi connectivity index (χ1v) is 7.52. The molecule has 0 aliphatic rings. The van der Waals surface area contributed by atoms with E-state index < -0.39 is 0 Å². The zero-order valence-corrected chi connectivity index (χ0v) is 13.4. The van der Waals surface area contributed by atoms with Gasteiger partial charge in [-0.1, -0.05) is 29.8 Å². The van der Waals surface area contributed by atoms with E-state index in [1.807, 2.05) is 30.6 Å². The summed E-state index contributed by atoms with van der Waals surface area (Å²) in [6, 6.07) is 12.2. The molecule has 0 aliphatic heterocycles. The van der Waals surface area contributed by atoms with Crippen molar-refractivity contribution in [3.05, 3.63) is 64.9 Å². The first-order valence-electron chi connectivity index (χ1n) is 7.14. The summed E-state index contributed by atoms with van der Waals surface area (Å²) in [5.41, 5.74) is 2.45. The highest BCUT2D eigenvalue weighted by molar-refractivity contribution is 6.31. The summed E-state index contributed by atoms with van der Waals surface area (Å²) in [7, 11) is 4.19. The number of hydrogen-bond acceptors (Lipinski definition) is 3. The van der Waals surface area contributed by atoms with Gasteiger partial charge in [0.15, 0.2) is 0 Å². The molecule has 0 saturated carbocycles. The maximum absolute atomic E-state index is 6.29. The van der Waals surface area contributed by atoms with Gasteiger partial charge in [0.1, 0.15) is 0 Å². The molecule has 4 heteroatoms. The fraction of sp³-hybridized carbons (Fsp3) is 0.353. The summed E-state index contributed by atoms with van der Waals surface area (Å²) < 4.78 is 0. The van der Waals surface area contributed by atoms with Gasteiger partial charge < -0.3 is 4.90 Å². The molecule has 3 nitrogen and oxygen atoms in total. The van der Waals surface area contributed by atoms with Crippen LogP contribution in [0.5, 0.6) is 0 Å². The predicted octanol–water partition coefficient (Wildman–Crippen LogP) is 3.30. The molecule has 1 aromatic carbocycles. The van der Waals surface area contributed by atoms with Gasteiger partial charge in [0, 0.05) is 43.6 Å². The van der Waals surface area contributed by atoms with Crippen molar-refractivity contribution in [2.45, 2.75) is 13.1 Å². The lowest BCUT2D eigenvalue weighted by Crippen LogP contribution is -2.31. The van der Waals surface area contributed by atoms with Crippen molar-refractivity contribution in [1.29, 1.82) is 0 Å². The smallest absolute Gasteiger partial charge is 0.0451 e. The van der Waals surface area contributed by atoms with Gasteiger partial charge in [0.05, 0.1) is 0 Å². The molecule has 21 heavy (non-hydrogen) atoms. The monoisotopic (exact) mass is 303 g/mol. The van der Waals surface area contributed by atoms with Gasteiger partial charge in [-0.3, -0.25) is 9.88 Å². The van der Waals surface area contributed by atoms with Gasteiger partial charge in [-0.05, 0) is 43.4 Å². The number of benzene rings is 1. The number of aromatic nitrogens is 1. The molecule has 0 unspecified atom stereocenters. The Morgan fingerprint density at radius 1 is 0.952 bits per heavy atom. The van der Waals surface area contributed by atoms with E-state index in [4.69, 9.17) is 11.6 Å². The van der Waals surface area contributed by atoms with E-state index in [9.17, 15) is 0 Å². The molecule has 0 bridgehead atoms. The number of hydrogen-bond donors (Lipinski definition) is 0. The van der Waals surface area contributed by atoms with Gasteiger partial charge >= 0.3 is 0 Å². The van der Waals surface area contributed by atoms with E-state index in [-0.39, 0.29) is 0 Å². The van der Waals surface area contributed by atoms with E-state index >= 15 is 0 Å². The molecule has 112 valence electrons. The largest absolute Gasteiger partial charge is 0.308 e. The number of halogens is 1. The van der Waals surface area contributed by atoms with Crippen molar-refractivity contribution in [2.24, 2.45) is 0 Å². The quantitative estimate of drug-likeness (QED) is 0.782. The fourth-order valence-corrected chi connectivity index (χ4v) is 2.36. The Labute approximate surface area is 132 Å². The van der Waals surface area contributed by atoms with Crippen molar-refractivity contribution >= 4 is 11.6 Å². The van der Waals surface area contributed by atoms with E-state index in [1.54, 1.807) is 0 Å². The van der Waals surface area contributed by atoms with Gasteiger partial charge in [-0.15, -0.1) is 0 Å².